The smallest absolute Gasteiger partial charge is 0.393 e. The number of anilines is 1. The van der Waals surface area contributed by atoms with Gasteiger partial charge in [-0.25, -0.2) is 14.4 Å². The van der Waals surface area contributed by atoms with E-state index in [4.69, 9.17) is 16.2 Å². The molecule has 1 atom stereocenters. The molecule has 1 aromatic heterocycles. The molecule has 2 heterocycles. The van der Waals surface area contributed by atoms with E-state index in [-0.39, 0.29) is 23.9 Å². The lowest BCUT2D eigenvalue weighted by Crippen LogP contribution is -2.32. The molecule has 0 bridgehead atoms. The van der Waals surface area contributed by atoms with Crippen molar-refractivity contribution in [2.75, 3.05) is 25.4 Å². The van der Waals surface area contributed by atoms with E-state index >= 15 is 0 Å². The first-order valence-corrected chi connectivity index (χ1v) is 12.6. The Bertz CT molecular complexity index is 1220. The molecule has 0 spiro atoms. The zero-order chi connectivity index (χ0) is 27.3. The number of carbonyl (C=O) groups excluding carboxylic acids is 1. The average molecular weight is 534 g/mol. The molecule has 1 saturated heterocycles. The van der Waals surface area contributed by atoms with Gasteiger partial charge in [-0.3, -0.25) is 4.79 Å². The number of benzene rings is 1. The molecule has 2 aliphatic rings. The number of alkyl halides is 3. The van der Waals surface area contributed by atoms with Gasteiger partial charge in [0.15, 0.2) is 5.82 Å². The van der Waals surface area contributed by atoms with E-state index in [0.29, 0.717) is 24.1 Å². The number of likely N-dealkylation sites (tertiary alicyclic amines) is 1. The molecular weight excluding hydrogens is 502 g/mol. The first-order valence-electron chi connectivity index (χ1n) is 12.6. The maximum absolute atomic E-state index is 14.2. The SMILES string of the molecule is NC(=O)C1=CC=CC(CCCN2CCCC2)(c2cnc(N)c(OCc3cccc(F)c3CC(F)(F)F)n2)C1. The van der Waals surface area contributed by atoms with Crippen LogP contribution >= 0.6 is 0 Å². The maximum Gasteiger partial charge on any atom is 0.393 e. The summed E-state index contributed by atoms with van der Waals surface area (Å²) in [5.74, 6) is -1.62. The van der Waals surface area contributed by atoms with Crippen LogP contribution in [-0.4, -0.2) is 46.6 Å². The Labute approximate surface area is 218 Å². The van der Waals surface area contributed by atoms with Crippen molar-refractivity contribution in [2.24, 2.45) is 5.73 Å². The van der Waals surface area contributed by atoms with Gasteiger partial charge in [0, 0.05) is 16.6 Å². The highest BCUT2D eigenvalue weighted by Gasteiger charge is 2.36. The number of halogens is 4. The van der Waals surface area contributed by atoms with Crippen molar-refractivity contribution in [1.82, 2.24) is 14.9 Å². The molecular formula is C27H31F4N5O2. The van der Waals surface area contributed by atoms with Crippen LogP contribution in [0.2, 0.25) is 0 Å². The Hall–Kier alpha value is -3.47. The Morgan fingerprint density at radius 1 is 1.21 bits per heavy atom. The van der Waals surface area contributed by atoms with Crippen LogP contribution < -0.4 is 16.2 Å². The molecule has 4 N–H and O–H groups in total. The van der Waals surface area contributed by atoms with E-state index in [1.807, 2.05) is 6.08 Å². The molecule has 38 heavy (non-hydrogen) atoms. The second-order valence-electron chi connectivity index (χ2n) is 9.80. The molecule has 1 unspecified atom stereocenters. The molecule has 1 aliphatic heterocycles. The molecule has 0 radical (unpaired) electrons. The van der Waals surface area contributed by atoms with Crippen LogP contribution in [0, 0.1) is 5.82 Å². The number of hydrogen-bond acceptors (Lipinski definition) is 6. The highest BCUT2D eigenvalue weighted by atomic mass is 19.4. The summed E-state index contributed by atoms with van der Waals surface area (Å²) in [6.45, 7) is 2.64. The lowest BCUT2D eigenvalue weighted by molar-refractivity contribution is -0.127. The Balaban J connectivity index is 1.58. The highest BCUT2D eigenvalue weighted by molar-refractivity contribution is 5.92. The standard InChI is InChI=1S/C27H31F4N5O2/c28-21-8-3-6-19(20(21)15-27(29,30)31)17-38-25-23(32)34-16-22(35-25)26(9-4-7-18(14-26)24(33)37)10-5-13-36-11-1-2-12-36/h3-4,6-9,16H,1-2,5,10-15,17H2,(H2,32,34)(H2,33,37). The Kier molecular flexibility index (Phi) is 8.35. The Morgan fingerprint density at radius 2 is 1.97 bits per heavy atom. The second kappa shape index (κ2) is 11.5. The van der Waals surface area contributed by atoms with E-state index in [1.165, 1.54) is 31.2 Å². The molecule has 4 rings (SSSR count). The predicted molar refractivity (Wildman–Crippen MR) is 135 cm³/mol. The maximum atomic E-state index is 14.2. The number of nitrogens with two attached hydrogens (primary N) is 2. The molecule has 1 amide bonds. The van der Waals surface area contributed by atoms with E-state index < -0.39 is 35.3 Å². The van der Waals surface area contributed by atoms with Crippen LogP contribution in [-0.2, 0) is 23.2 Å². The van der Waals surface area contributed by atoms with Gasteiger partial charge >= 0.3 is 6.18 Å². The van der Waals surface area contributed by atoms with Crippen molar-refractivity contribution in [2.45, 2.75) is 56.7 Å². The first-order chi connectivity index (χ1) is 18.1. The van der Waals surface area contributed by atoms with E-state index in [0.717, 1.165) is 32.1 Å². The number of ether oxygens (including phenoxy) is 1. The number of amides is 1. The summed E-state index contributed by atoms with van der Waals surface area (Å²) in [5.41, 5.74) is 11.4. The topological polar surface area (TPSA) is 107 Å². The van der Waals surface area contributed by atoms with Crippen molar-refractivity contribution < 1.29 is 27.1 Å². The Morgan fingerprint density at radius 3 is 2.68 bits per heavy atom. The minimum absolute atomic E-state index is 0.0331. The van der Waals surface area contributed by atoms with Crippen LogP contribution in [0.5, 0.6) is 5.88 Å². The van der Waals surface area contributed by atoms with Gasteiger partial charge in [-0.05, 0) is 63.4 Å². The zero-order valence-electron chi connectivity index (χ0n) is 20.9. The molecule has 11 heteroatoms. The average Bonchev–Trinajstić information content (AvgIpc) is 3.38. The quantitative estimate of drug-likeness (QED) is 0.440. The summed E-state index contributed by atoms with van der Waals surface area (Å²) in [6.07, 6.45) is 5.08. The largest absolute Gasteiger partial charge is 0.470 e. The van der Waals surface area contributed by atoms with Gasteiger partial charge in [0.1, 0.15) is 12.4 Å². The van der Waals surface area contributed by atoms with Gasteiger partial charge in [-0.2, -0.15) is 13.2 Å². The fraction of sp³-hybridized carbons (Fsp3) is 0.444. The van der Waals surface area contributed by atoms with Crippen molar-refractivity contribution in [1.29, 1.82) is 0 Å². The number of allylic oxidation sites excluding steroid dienone is 3. The monoisotopic (exact) mass is 533 g/mol. The first kappa shape index (κ1) is 27.6. The van der Waals surface area contributed by atoms with Crippen LogP contribution in [0.15, 0.2) is 48.2 Å². The summed E-state index contributed by atoms with van der Waals surface area (Å²) < 4.78 is 59.0. The number of carbonyl (C=O) groups is 1. The molecule has 0 saturated carbocycles. The third-order valence-corrected chi connectivity index (χ3v) is 7.07. The zero-order valence-corrected chi connectivity index (χ0v) is 20.9. The number of nitrogens with zero attached hydrogens (tertiary/aromatic N) is 3. The van der Waals surface area contributed by atoms with E-state index in [1.54, 1.807) is 12.2 Å². The normalized spacial score (nSPS) is 19.9. The van der Waals surface area contributed by atoms with Gasteiger partial charge in [-0.1, -0.05) is 30.4 Å². The summed E-state index contributed by atoms with van der Waals surface area (Å²) in [6, 6.07) is 3.66. The van der Waals surface area contributed by atoms with Crippen molar-refractivity contribution >= 4 is 11.7 Å². The third kappa shape index (κ3) is 6.69. The molecule has 7 nitrogen and oxygen atoms in total. The second-order valence-corrected chi connectivity index (χ2v) is 9.80. The summed E-state index contributed by atoms with van der Waals surface area (Å²) in [4.78, 5) is 23.2. The van der Waals surface area contributed by atoms with Crippen LogP contribution in [0.25, 0.3) is 0 Å². The minimum Gasteiger partial charge on any atom is -0.470 e. The number of hydrogen-bond donors (Lipinski definition) is 2. The fourth-order valence-electron chi connectivity index (χ4n) is 5.09. The van der Waals surface area contributed by atoms with Crippen molar-refractivity contribution in [3.8, 4) is 5.88 Å². The minimum atomic E-state index is -4.59. The number of aromatic nitrogens is 2. The number of rotatable bonds is 10. The van der Waals surface area contributed by atoms with Gasteiger partial charge in [0.2, 0.25) is 5.91 Å². The summed E-state index contributed by atoms with van der Waals surface area (Å²) in [5, 5.41) is 0. The molecule has 1 aromatic carbocycles. The lowest BCUT2D eigenvalue weighted by Gasteiger charge is -2.33. The van der Waals surface area contributed by atoms with Crippen molar-refractivity contribution in [3.05, 3.63) is 70.8 Å². The van der Waals surface area contributed by atoms with Gasteiger partial charge in [-0.15, -0.1) is 0 Å². The van der Waals surface area contributed by atoms with E-state index in [9.17, 15) is 22.4 Å². The molecule has 2 aromatic rings. The van der Waals surface area contributed by atoms with Crippen LogP contribution in [0.4, 0.5) is 23.4 Å². The van der Waals surface area contributed by atoms with E-state index in [2.05, 4.69) is 14.9 Å². The molecule has 1 fully saturated rings. The highest BCUT2D eigenvalue weighted by Crippen LogP contribution is 2.40. The predicted octanol–water partition coefficient (Wildman–Crippen LogP) is 4.37. The van der Waals surface area contributed by atoms with Crippen LogP contribution in [0.3, 0.4) is 0 Å². The van der Waals surface area contributed by atoms with Crippen molar-refractivity contribution in [3.63, 3.8) is 0 Å². The molecule has 204 valence electrons. The summed E-state index contributed by atoms with van der Waals surface area (Å²) >= 11 is 0. The number of nitrogen functional groups attached to an aromatic ring is 1. The number of primary amides is 1. The molecule has 1 aliphatic carbocycles. The fourth-order valence-corrected chi connectivity index (χ4v) is 5.09. The third-order valence-electron chi connectivity index (χ3n) is 7.07. The van der Waals surface area contributed by atoms with Gasteiger partial charge in [0.25, 0.3) is 5.88 Å². The van der Waals surface area contributed by atoms with Gasteiger partial charge in [0.05, 0.1) is 18.3 Å². The van der Waals surface area contributed by atoms with Gasteiger partial charge < -0.3 is 21.1 Å². The lowest BCUT2D eigenvalue weighted by atomic mass is 9.72. The summed E-state index contributed by atoms with van der Waals surface area (Å²) in [7, 11) is 0. The van der Waals surface area contributed by atoms with Crippen LogP contribution in [0.1, 0.15) is 48.9 Å².